The van der Waals surface area contributed by atoms with E-state index in [0.717, 1.165) is 77.8 Å². The number of carbonyl (C=O) groups is 3. The molecule has 1 aliphatic carbocycles. The minimum Gasteiger partial charge on any atom is -0.493 e. The Bertz CT molecular complexity index is 3330. The molecule has 3 heterocycles. The molecule has 454 valence electrons. The van der Waals surface area contributed by atoms with Crippen LogP contribution in [0.25, 0.3) is 0 Å². The van der Waals surface area contributed by atoms with Gasteiger partial charge in [0.15, 0.2) is 28.2 Å². The molecule has 0 aromatic heterocycles. The summed E-state index contributed by atoms with van der Waals surface area (Å²) >= 11 is 0. The standard InChI is InChI=1S/C63H76N6O13S3/c1-7-63(2,84-83-29-21-59(85(73,74)75)60(70)66-46-16-10-11-17-46)41-67(23-24-79-27-28-80-26-25-76-4)47-31-42(39-81-57-36-51(64-3)49(34-55(57)77-5)61(71)68-22-20-44-14-8-12-18-53(44)68)30-43(32-47)40-82-58-37-52-50(35-56(58)78-6)62(72)69-48(38-65-52)33-45-15-9-13-19-54(45)69/h7-9,12-15,18-19,30-32,34-37,46,48,59,65H,1,3,10-11,16-17,20-29,33,38-41H2,2,4-6H3,(H,66,70)(H,73,74,75)/t48-,59?,63?/m0/s1. The van der Waals surface area contributed by atoms with Crippen molar-refractivity contribution in [3.05, 3.63) is 137 Å². The van der Waals surface area contributed by atoms with Crippen molar-refractivity contribution in [1.29, 1.82) is 0 Å². The molecule has 3 N–H and O–H groups in total. The Balaban J connectivity index is 1.00. The fraction of sp³-hybridized carbons (Fsp3) is 0.429. The average Bonchev–Trinajstić information content (AvgIpc) is 3.04. The largest absolute Gasteiger partial charge is 0.493 e. The molecule has 0 spiro atoms. The van der Waals surface area contributed by atoms with Gasteiger partial charge in [-0.1, -0.05) is 76.9 Å². The maximum Gasteiger partial charge on any atom is 0.276 e. The first-order valence-corrected chi connectivity index (χ1v) is 32.4. The fourth-order valence-corrected chi connectivity index (χ4v) is 14.8. The van der Waals surface area contributed by atoms with Gasteiger partial charge in [0.05, 0.1) is 80.5 Å². The molecule has 0 saturated heterocycles. The van der Waals surface area contributed by atoms with E-state index in [0.29, 0.717) is 105 Å². The molecule has 0 bridgehead atoms. The third kappa shape index (κ3) is 15.4. The SMILES string of the molecule is C=CC(C)(CN(CCOCCOCCOC)c1cc(COc2cc(N=C)c(C(=O)N3CCc4ccccc43)cc2OC)cc(COc2cc3c(cc2OC)C(=O)N2c4ccccc4C[C@H]2CN3)c1)SSCCC(C(=O)NC1CCCC1)S(=O)(=O)O. The highest BCUT2D eigenvalue weighted by Gasteiger charge is 2.39. The lowest BCUT2D eigenvalue weighted by Gasteiger charge is -2.34. The van der Waals surface area contributed by atoms with Gasteiger partial charge in [0.1, 0.15) is 13.2 Å². The zero-order valence-corrected chi connectivity index (χ0v) is 51.1. The summed E-state index contributed by atoms with van der Waals surface area (Å²) in [5.41, 5.74) is 8.00. The van der Waals surface area contributed by atoms with Crippen LogP contribution in [-0.2, 0) is 55.2 Å². The van der Waals surface area contributed by atoms with Crippen LogP contribution in [-0.4, -0.2) is 146 Å². The summed E-state index contributed by atoms with van der Waals surface area (Å²) in [4.78, 5) is 51.8. The van der Waals surface area contributed by atoms with Crippen molar-refractivity contribution < 1.29 is 60.5 Å². The van der Waals surface area contributed by atoms with Crippen molar-refractivity contribution in [2.45, 2.75) is 87.2 Å². The average molecular weight is 1220 g/mol. The molecule has 1 fully saturated rings. The van der Waals surface area contributed by atoms with E-state index in [1.165, 1.54) is 28.7 Å². The first-order valence-electron chi connectivity index (χ1n) is 28.6. The Hall–Kier alpha value is -6.79. The van der Waals surface area contributed by atoms with Gasteiger partial charge >= 0.3 is 0 Å². The molecule has 1 saturated carbocycles. The van der Waals surface area contributed by atoms with E-state index < -0.39 is 26.0 Å². The van der Waals surface area contributed by atoms with Crippen LogP contribution in [0.4, 0.5) is 28.4 Å². The van der Waals surface area contributed by atoms with Crippen LogP contribution < -0.4 is 44.3 Å². The summed E-state index contributed by atoms with van der Waals surface area (Å²) in [6, 6.07) is 28.5. The van der Waals surface area contributed by atoms with Gasteiger partial charge < -0.3 is 58.5 Å². The summed E-state index contributed by atoms with van der Waals surface area (Å²) in [5, 5.41) is 4.76. The van der Waals surface area contributed by atoms with Crippen LogP contribution >= 0.6 is 21.6 Å². The zero-order valence-electron chi connectivity index (χ0n) is 48.7. The van der Waals surface area contributed by atoms with Gasteiger partial charge in [-0.25, -0.2) is 0 Å². The Morgan fingerprint density at radius 2 is 1.53 bits per heavy atom. The lowest BCUT2D eigenvalue weighted by Crippen LogP contribution is -2.44. The van der Waals surface area contributed by atoms with E-state index in [2.05, 4.69) is 39.9 Å². The number of carbonyl (C=O) groups excluding carboxylic acids is 3. The summed E-state index contributed by atoms with van der Waals surface area (Å²) in [6.45, 7) is 13.9. The number of hydrogen-bond donors (Lipinski definition) is 3. The number of anilines is 4. The van der Waals surface area contributed by atoms with E-state index in [4.69, 9.17) is 33.2 Å². The number of fused-ring (bicyclic) bond motifs is 5. The predicted octanol–water partition coefficient (Wildman–Crippen LogP) is 9.91. The number of methoxy groups -OCH3 is 3. The first kappa shape index (κ1) is 62.7. The van der Waals surface area contributed by atoms with Gasteiger partial charge in [0.25, 0.3) is 21.9 Å². The zero-order chi connectivity index (χ0) is 60.1. The lowest BCUT2D eigenvalue weighted by molar-refractivity contribution is -0.121. The van der Waals surface area contributed by atoms with Crippen molar-refractivity contribution in [3.63, 3.8) is 0 Å². The van der Waals surface area contributed by atoms with E-state index in [9.17, 15) is 27.4 Å². The number of nitrogens with one attached hydrogen (secondary N) is 2. The van der Waals surface area contributed by atoms with E-state index >= 15 is 0 Å². The smallest absolute Gasteiger partial charge is 0.276 e. The third-order valence-corrected chi connectivity index (χ3v) is 20.0. The first-order chi connectivity index (χ1) is 41.1. The monoisotopic (exact) mass is 1220 g/mol. The molecular formula is C63H76N6O13S3. The van der Waals surface area contributed by atoms with E-state index in [-0.39, 0.29) is 49.3 Å². The van der Waals surface area contributed by atoms with Crippen molar-refractivity contribution in [3.8, 4) is 23.0 Å². The number of nitrogens with zero attached hydrogens (tertiary/aromatic N) is 4. The van der Waals surface area contributed by atoms with Gasteiger partial charge in [-0.2, -0.15) is 8.42 Å². The second kappa shape index (κ2) is 29.1. The van der Waals surface area contributed by atoms with Crippen LogP contribution in [0.5, 0.6) is 23.0 Å². The van der Waals surface area contributed by atoms with Crippen molar-refractivity contribution >= 4 is 84.6 Å². The predicted molar refractivity (Wildman–Crippen MR) is 336 cm³/mol. The Labute approximate surface area is 506 Å². The summed E-state index contributed by atoms with van der Waals surface area (Å²) in [6.07, 6.45) is 6.67. The summed E-state index contributed by atoms with van der Waals surface area (Å²) in [7, 11) is 2.88. The lowest BCUT2D eigenvalue weighted by atomic mass is 10.1. The molecule has 5 aromatic rings. The minimum atomic E-state index is -4.67. The van der Waals surface area contributed by atoms with Gasteiger partial charge in [0, 0.05) is 74.3 Å². The Morgan fingerprint density at radius 3 is 2.21 bits per heavy atom. The van der Waals surface area contributed by atoms with Crippen molar-refractivity contribution in [2.75, 3.05) is 106 Å². The van der Waals surface area contributed by atoms with E-state index in [1.807, 2.05) is 84.6 Å². The van der Waals surface area contributed by atoms with E-state index in [1.54, 1.807) is 37.3 Å². The molecule has 3 atom stereocenters. The quantitative estimate of drug-likeness (QED) is 0.0124. The molecule has 4 aliphatic rings. The molecule has 22 heteroatoms. The van der Waals surface area contributed by atoms with Gasteiger partial charge in [0.2, 0.25) is 5.91 Å². The molecule has 9 rings (SSSR count). The molecule has 19 nitrogen and oxygen atoms in total. The molecule has 85 heavy (non-hydrogen) atoms. The number of aliphatic imine (C=N–C) groups is 1. The van der Waals surface area contributed by atoms with Crippen LogP contribution in [0.15, 0.2) is 109 Å². The van der Waals surface area contributed by atoms with Gasteiger partial charge in [-0.15, -0.1) is 6.58 Å². The summed E-state index contributed by atoms with van der Waals surface area (Å²) < 4.78 is 76.6. The molecule has 2 unspecified atom stereocenters. The normalized spacial score (nSPS) is 16.4. The topological polar surface area (TPSA) is 216 Å². The molecular weight excluding hydrogens is 1140 g/mol. The van der Waals surface area contributed by atoms with Gasteiger partial charge in [-0.05, 0) is 110 Å². The van der Waals surface area contributed by atoms with Gasteiger partial charge in [-0.3, -0.25) is 23.9 Å². The van der Waals surface area contributed by atoms with Crippen LogP contribution in [0, 0.1) is 0 Å². The third-order valence-electron chi connectivity index (χ3n) is 15.7. The summed E-state index contributed by atoms with van der Waals surface area (Å²) in [5.74, 6) is 0.672. The molecule has 5 aromatic carbocycles. The highest BCUT2D eigenvalue weighted by Crippen LogP contribution is 2.43. The number of para-hydroxylation sites is 2. The van der Waals surface area contributed by atoms with Crippen molar-refractivity contribution in [2.24, 2.45) is 4.99 Å². The molecule has 3 amide bonds. The minimum absolute atomic E-state index is 0.0330. The Morgan fingerprint density at radius 1 is 0.871 bits per heavy atom. The number of amides is 3. The number of hydrogen-bond acceptors (Lipinski definition) is 17. The van der Waals surface area contributed by atoms with Crippen molar-refractivity contribution in [1.82, 2.24) is 5.32 Å². The van der Waals surface area contributed by atoms with Crippen LogP contribution in [0.1, 0.15) is 82.0 Å². The number of benzene rings is 5. The van der Waals surface area contributed by atoms with Crippen LogP contribution in [0.3, 0.4) is 0 Å². The number of rotatable bonds is 31. The van der Waals surface area contributed by atoms with Crippen LogP contribution in [0.2, 0.25) is 0 Å². The highest BCUT2D eigenvalue weighted by molar-refractivity contribution is 8.77. The maximum absolute atomic E-state index is 14.3. The number of ether oxygens (including phenoxy) is 7. The second-order valence-corrected chi connectivity index (χ2v) is 26.1. The maximum atomic E-state index is 14.3. The Kier molecular flexibility index (Phi) is 21.5. The molecule has 0 radical (unpaired) electrons. The molecule has 3 aliphatic heterocycles. The highest BCUT2D eigenvalue weighted by atomic mass is 33.1. The fourth-order valence-electron chi connectivity index (χ4n) is 11.2. The second-order valence-electron chi connectivity index (χ2n) is 21.5.